The van der Waals surface area contributed by atoms with Crippen LogP contribution in [0.5, 0.6) is 0 Å². The van der Waals surface area contributed by atoms with Gasteiger partial charge >= 0.3 is 17.9 Å². The van der Waals surface area contributed by atoms with Gasteiger partial charge in [-0.05, 0) is 132 Å². The normalized spacial score (nSPS) is 22.1. The first kappa shape index (κ1) is 59.5. The summed E-state index contributed by atoms with van der Waals surface area (Å²) in [6, 6.07) is 0. The number of hydrogen-bond donors (Lipinski definition) is 0. The molecule has 0 spiro atoms. The van der Waals surface area contributed by atoms with Gasteiger partial charge in [0.2, 0.25) is 0 Å². The number of ether oxygens (including phenoxy) is 7. The summed E-state index contributed by atoms with van der Waals surface area (Å²) in [5.41, 5.74) is 0.139. The smallest absolute Gasteiger partial charge is 0.305 e. The number of esters is 3. The van der Waals surface area contributed by atoms with E-state index in [1.165, 1.54) is 51.4 Å². The molecule has 0 aromatic heterocycles. The third-order valence-corrected chi connectivity index (χ3v) is 15.2. The maximum Gasteiger partial charge on any atom is 0.305 e. The first-order valence-corrected chi connectivity index (χ1v) is 28.2. The van der Waals surface area contributed by atoms with E-state index >= 15 is 0 Å². The van der Waals surface area contributed by atoms with Crippen LogP contribution in [-0.4, -0.2) is 101 Å². The van der Waals surface area contributed by atoms with Crippen LogP contribution in [0.25, 0.3) is 0 Å². The molecule has 0 aromatic carbocycles. The minimum absolute atomic E-state index is 0.0410. The van der Waals surface area contributed by atoms with Gasteiger partial charge in [-0.25, -0.2) is 0 Å². The number of nitrogens with zero attached hydrogens (tertiary/aromatic N) is 1. The molecule has 0 amide bonds. The Kier molecular flexibility index (Phi) is 31.4. The highest BCUT2D eigenvalue weighted by Gasteiger charge is 2.62. The Morgan fingerprint density at radius 3 is 1.07 bits per heavy atom. The lowest BCUT2D eigenvalue weighted by molar-refractivity contribution is -0.183. The number of carbonyl (C=O) groups is 3. The van der Waals surface area contributed by atoms with Gasteiger partial charge in [0.05, 0.1) is 32.7 Å². The fourth-order valence-corrected chi connectivity index (χ4v) is 12.1. The molecule has 2 atom stereocenters. The molecule has 11 heteroatoms. The van der Waals surface area contributed by atoms with Crippen LogP contribution in [0.1, 0.15) is 241 Å². The van der Waals surface area contributed by atoms with Crippen molar-refractivity contribution in [3.8, 4) is 0 Å². The zero-order valence-corrected chi connectivity index (χ0v) is 44.3. The van der Waals surface area contributed by atoms with E-state index in [9.17, 15) is 14.4 Å². The number of hydrogen-bond acceptors (Lipinski definition) is 11. The second-order valence-corrected chi connectivity index (χ2v) is 21.2. The molecule has 2 unspecified atom stereocenters. The highest BCUT2D eigenvalue weighted by Crippen LogP contribution is 2.72. The first-order valence-electron chi connectivity index (χ1n) is 28.2. The highest BCUT2D eigenvalue weighted by molar-refractivity contribution is 5.70. The van der Waals surface area contributed by atoms with Crippen molar-refractivity contribution in [1.29, 1.82) is 0 Å². The van der Waals surface area contributed by atoms with Crippen molar-refractivity contribution in [2.75, 3.05) is 65.9 Å². The van der Waals surface area contributed by atoms with E-state index in [-0.39, 0.29) is 59.6 Å². The molecular formula is C56H103NO10. The van der Waals surface area contributed by atoms with Gasteiger partial charge in [-0.2, -0.15) is 0 Å². The molecule has 4 aliphatic carbocycles. The summed E-state index contributed by atoms with van der Waals surface area (Å²) >= 11 is 0. The maximum atomic E-state index is 13.3. The lowest BCUT2D eigenvalue weighted by Gasteiger charge is -2.67. The van der Waals surface area contributed by atoms with Gasteiger partial charge in [-0.1, -0.05) is 119 Å². The van der Waals surface area contributed by atoms with Crippen molar-refractivity contribution in [2.24, 2.45) is 22.2 Å². The van der Waals surface area contributed by atoms with Crippen molar-refractivity contribution < 1.29 is 47.5 Å². The summed E-state index contributed by atoms with van der Waals surface area (Å²) in [5, 5.41) is 0. The van der Waals surface area contributed by atoms with Gasteiger partial charge < -0.3 is 38.1 Å². The third-order valence-electron chi connectivity index (χ3n) is 15.2. The molecule has 0 aromatic rings. The van der Waals surface area contributed by atoms with Crippen LogP contribution < -0.4 is 0 Å². The minimum atomic E-state index is -0.381. The van der Waals surface area contributed by atoms with Gasteiger partial charge in [0, 0.05) is 45.7 Å². The number of unbranched alkanes of at least 4 members (excludes halogenated alkanes) is 12. The largest absolute Gasteiger partial charge is 0.466 e. The maximum absolute atomic E-state index is 13.3. The standard InChI is InChI=1S/C56H103NO10/c1-7-13-17-21-35-64-52(65-36-22-18-14-8-2)29-27-50(59)62-40-32-55-43-48-42-54(45-55,31-39-61-49(58)26-25-34-57(11-5)12-6)46-56(44-48,47-55)33-41-63-51(60)28-30-53(66-37-23-19-15-9-3)67-38-24-20-16-10-4/h48,52-53H,7-47H2,1-6H3. The Balaban J connectivity index is 1.60. The summed E-state index contributed by atoms with van der Waals surface area (Å²) in [6.07, 6.45) is 29.3. The van der Waals surface area contributed by atoms with E-state index in [0.717, 1.165) is 135 Å². The zero-order valence-electron chi connectivity index (χ0n) is 44.3. The zero-order chi connectivity index (χ0) is 48.5. The van der Waals surface area contributed by atoms with Crippen molar-refractivity contribution in [1.82, 2.24) is 4.90 Å². The molecule has 392 valence electrons. The molecule has 4 aliphatic rings. The predicted octanol–water partition coefficient (Wildman–Crippen LogP) is 13.5. The van der Waals surface area contributed by atoms with Crippen LogP contribution in [0.4, 0.5) is 0 Å². The Labute approximate surface area is 410 Å². The monoisotopic (exact) mass is 950 g/mol. The summed E-state index contributed by atoms with van der Waals surface area (Å²) in [4.78, 5) is 41.8. The van der Waals surface area contributed by atoms with E-state index in [0.29, 0.717) is 71.4 Å². The van der Waals surface area contributed by atoms with E-state index in [1.54, 1.807) is 0 Å². The Morgan fingerprint density at radius 1 is 0.433 bits per heavy atom. The van der Waals surface area contributed by atoms with Crippen LogP contribution >= 0.6 is 0 Å². The van der Waals surface area contributed by atoms with Crippen LogP contribution in [0.3, 0.4) is 0 Å². The Morgan fingerprint density at radius 2 is 0.761 bits per heavy atom. The van der Waals surface area contributed by atoms with Crippen LogP contribution in [0.15, 0.2) is 0 Å². The van der Waals surface area contributed by atoms with Crippen LogP contribution in [0, 0.1) is 22.2 Å². The quantitative estimate of drug-likeness (QED) is 0.0251. The second kappa shape index (κ2) is 35.3. The average Bonchev–Trinajstić information content (AvgIpc) is 3.29. The van der Waals surface area contributed by atoms with Gasteiger partial charge in [0.15, 0.2) is 12.6 Å². The molecule has 0 heterocycles. The minimum Gasteiger partial charge on any atom is -0.466 e. The molecule has 4 rings (SSSR count). The van der Waals surface area contributed by atoms with Crippen molar-refractivity contribution in [2.45, 2.75) is 253 Å². The fraction of sp³-hybridized carbons (Fsp3) is 0.946. The molecule has 67 heavy (non-hydrogen) atoms. The summed E-state index contributed by atoms with van der Waals surface area (Å²) in [5.74, 6) is 0.0855. The second-order valence-electron chi connectivity index (χ2n) is 21.2. The molecule has 4 saturated carbocycles. The predicted molar refractivity (Wildman–Crippen MR) is 269 cm³/mol. The summed E-state index contributed by atoms with van der Waals surface area (Å²) < 4.78 is 42.5. The molecule has 4 fully saturated rings. The lowest BCUT2D eigenvalue weighted by Crippen LogP contribution is -2.57. The summed E-state index contributed by atoms with van der Waals surface area (Å²) in [7, 11) is 0. The highest BCUT2D eigenvalue weighted by atomic mass is 16.7. The van der Waals surface area contributed by atoms with Gasteiger partial charge in [-0.15, -0.1) is 0 Å². The molecular weight excluding hydrogens is 847 g/mol. The lowest BCUT2D eigenvalue weighted by atomic mass is 9.38. The summed E-state index contributed by atoms with van der Waals surface area (Å²) in [6.45, 7) is 19.9. The fourth-order valence-electron chi connectivity index (χ4n) is 12.1. The number of carbonyl (C=O) groups excluding carboxylic acids is 3. The molecule has 4 bridgehead atoms. The van der Waals surface area contributed by atoms with E-state index < -0.39 is 0 Å². The first-order chi connectivity index (χ1) is 32.6. The topological polar surface area (TPSA) is 119 Å². The third kappa shape index (κ3) is 24.7. The van der Waals surface area contributed by atoms with E-state index in [4.69, 9.17) is 33.2 Å². The van der Waals surface area contributed by atoms with Crippen LogP contribution in [-0.2, 0) is 47.5 Å². The van der Waals surface area contributed by atoms with Gasteiger partial charge in [0.1, 0.15) is 0 Å². The van der Waals surface area contributed by atoms with Crippen LogP contribution in [0.2, 0.25) is 0 Å². The van der Waals surface area contributed by atoms with Crippen molar-refractivity contribution in [3.05, 3.63) is 0 Å². The SMILES string of the molecule is CCCCCCOC(CCC(=O)OCCC12CC3CC(CCOC(=O)CCCN(CC)CC)(C1)CC(CCOC(=O)CCC(OCCCCCC)OCCCCCC)(C3)C2)OCCCCCC. The Bertz CT molecular complexity index is 1190. The average molecular weight is 950 g/mol. The van der Waals surface area contributed by atoms with Crippen molar-refractivity contribution in [3.63, 3.8) is 0 Å². The molecule has 0 saturated heterocycles. The van der Waals surface area contributed by atoms with E-state index in [2.05, 4.69) is 46.4 Å². The van der Waals surface area contributed by atoms with Gasteiger partial charge in [-0.3, -0.25) is 14.4 Å². The van der Waals surface area contributed by atoms with Gasteiger partial charge in [0.25, 0.3) is 0 Å². The van der Waals surface area contributed by atoms with Crippen molar-refractivity contribution >= 4 is 17.9 Å². The van der Waals surface area contributed by atoms with E-state index in [1.807, 2.05) is 0 Å². The molecule has 0 aliphatic heterocycles. The molecule has 11 nitrogen and oxygen atoms in total. The number of rotatable bonds is 45. The molecule has 0 radical (unpaired) electrons. The molecule has 0 N–H and O–H groups in total. The Hall–Kier alpha value is -1.79.